The molecule has 2 atom stereocenters. The van der Waals surface area contributed by atoms with E-state index in [-0.39, 0.29) is 4.90 Å². The molecular formula is C39H39N2O4PS2. The molecule has 6 rings (SSSR count). The monoisotopic (exact) mass is 694 g/mol. The highest BCUT2D eigenvalue weighted by molar-refractivity contribution is 7.91. The second kappa shape index (κ2) is 14.3. The summed E-state index contributed by atoms with van der Waals surface area (Å²) in [6, 6.07) is 43.8. The van der Waals surface area contributed by atoms with Gasteiger partial charge in [-0.1, -0.05) is 109 Å². The van der Waals surface area contributed by atoms with E-state index in [4.69, 9.17) is 4.74 Å². The number of nitrogens with one attached hydrogen (secondary N) is 1. The first kappa shape index (κ1) is 34.0. The molecule has 246 valence electrons. The van der Waals surface area contributed by atoms with Crippen molar-refractivity contribution in [3.8, 4) is 5.75 Å². The van der Waals surface area contributed by atoms with E-state index < -0.39 is 40.1 Å². The Morgan fingerprint density at radius 2 is 1.35 bits per heavy atom. The molecule has 0 aliphatic heterocycles. The zero-order valence-electron chi connectivity index (χ0n) is 27.4. The summed E-state index contributed by atoms with van der Waals surface area (Å²) in [6.07, 6.45) is 0.420. The lowest BCUT2D eigenvalue weighted by atomic mass is 9.96. The van der Waals surface area contributed by atoms with Gasteiger partial charge >= 0.3 is 0 Å². The Kier molecular flexibility index (Phi) is 10.1. The number of para-hydroxylation sites is 1. The Morgan fingerprint density at radius 1 is 0.792 bits per heavy atom. The van der Waals surface area contributed by atoms with Gasteiger partial charge in [0.1, 0.15) is 16.5 Å². The largest absolute Gasteiger partial charge is 0.598 e. The number of aromatic nitrogens is 1. The summed E-state index contributed by atoms with van der Waals surface area (Å²) in [5.41, 5.74) is 2.80. The van der Waals surface area contributed by atoms with Crippen molar-refractivity contribution < 1.29 is 17.7 Å². The van der Waals surface area contributed by atoms with Crippen molar-refractivity contribution in [1.29, 1.82) is 0 Å². The molecule has 1 unspecified atom stereocenters. The van der Waals surface area contributed by atoms with Crippen LogP contribution in [0.2, 0.25) is 0 Å². The highest BCUT2D eigenvalue weighted by atomic mass is 32.2. The Labute approximate surface area is 287 Å². The highest BCUT2D eigenvalue weighted by Gasteiger charge is 2.37. The minimum absolute atomic E-state index is 0.200. The standard InChI is InChI=1S/C39H39N2O4PS2/c1-39(2,3)47(42)40-38(29-17-16-18-30(27-29)45-4)37-34-25-14-15-26-35(34)41(48(43,44)33-23-12-7-13-24-33)36(37)28-46(31-19-8-5-9-20-31)32-21-10-6-11-22-32/h5-27,38,40H,28H2,1-4H3/t38-,47?/m0/s1. The van der Waals surface area contributed by atoms with Crippen LogP contribution in [-0.2, 0) is 27.5 Å². The first-order valence-corrected chi connectivity index (χ1v) is 19.8. The van der Waals surface area contributed by atoms with Gasteiger partial charge in [0.25, 0.3) is 10.0 Å². The van der Waals surface area contributed by atoms with Crippen LogP contribution >= 0.6 is 7.92 Å². The number of nitrogens with zero attached hydrogens (tertiary/aromatic N) is 1. The van der Waals surface area contributed by atoms with Crippen LogP contribution in [0.4, 0.5) is 0 Å². The van der Waals surface area contributed by atoms with Gasteiger partial charge in [0.15, 0.2) is 0 Å². The van der Waals surface area contributed by atoms with Gasteiger partial charge in [-0.05, 0) is 75.2 Å². The van der Waals surface area contributed by atoms with Crippen molar-refractivity contribution in [2.75, 3.05) is 7.11 Å². The summed E-state index contributed by atoms with van der Waals surface area (Å²) < 4.78 is 53.7. The number of fused-ring (bicyclic) bond motifs is 1. The molecular weight excluding hydrogens is 656 g/mol. The zero-order valence-corrected chi connectivity index (χ0v) is 29.9. The lowest BCUT2D eigenvalue weighted by molar-refractivity contribution is 0.414. The van der Waals surface area contributed by atoms with Crippen molar-refractivity contribution in [3.63, 3.8) is 0 Å². The van der Waals surface area contributed by atoms with Crippen LogP contribution in [0.25, 0.3) is 10.9 Å². The smallest absolute Gasteiger partial charge is 0.268 e. The summed E-state index contributed by atoms with van der Waals surface area (Å²) >= 11 is -1.50. The molecule has 6 nitrogen and oxygen atoms in total. The SMILES string of the molecule is COc1cccc([C@H](N[S+]([O-])C(C)(C)C)c2c(CP(c3ccccc3)c3ccccc3)n(S(=O)(=O)c3ccccc3)c3ccccc23)c1. The Balaban J connectivity index is 1.70. The second-order valence-corrected chi connectivity index (χ2v) is 18.4. The number of methoxy groups -OCH3 is 1. The third-order valence-electron chi connectivity index (χ3n) is 8.19. The Morgan fingerprint density at radius 3 is 1.94 bits per heavy atom. The Bertz CT molecular complexity index is 2060. The quantitative estimate of drug-likeness (QED) is 0.111. The molecule has 0 bridgehead atoms. The average Bonchev–Trinajstić information content (AvgIpc) is 3.44. The maximum Gasteiger partial charge on any atom is 0.268 e. The normalized spacial score (nSPS) is 13.5. The van der Waals surface area contributed by atoms with E-state index in [0.29, 0.717) is 23.1 Å². The van der Waals surface area contributed by atoms with Gasteiger partial charge in [-0.2, -0.15) is 0 Å². The lowest BCUT2D eigenvalue weighted by Crippen LogP contribution is -2.41. The number of ether oxygens (including phenoxy) is 1. The fraction of sp³-hybridized carbons (Fsp3) is 0.179. The van der Waals surface area contributed by atoms with Crippen LogP contribution in [0.5, 0.6) is 5.75 Å². The first-order chi connectivity index (χ1) is 23.1. The van der Waals surface area contributed by atoms with Crippen molar-refractivity contribution >= 4 is 50.8 Å². The van der Waals surface area contributed by atoms with Gasteiger partial charge in [0.05, 0.1) is 17.5 Å². The molecule has 0 fully saturated rings. The van der Waals surface area contributed by atoms with Crippen LogP contribution in [0.3, 0.4) is 0 Å². The van der Waals surface area contributed by atoms with Crippen molar-refractivity contribution in [1.82, 2.24) is 8.69 Å². The topological polar surface area (TPSA) is 83.4 Å². The van der Waals surface area contributed by atoms with E-state index in [1.54, 1.807) is 31.4 Å². The summed E-state index contributed by atoms with van der Waals surface area (Å²) in [5.74, 6) is 0.652. The molecule has 0 saturated carbocycles. The average molecular weight is 695 g/mol. The summed E-state index contributed by atoms with van der Waals surface area (Å²) in [6.45, 7) is 5.77. The van der Waals surface area contributed by atoms with Crippen LogP contribution in [0.15, 0.2) is 144 Å². The molecule has 5 aromatic carbocycles. The molecule has 9 heteroatoms. The number of rotatable bonds is 11. The Hall–Kier alpha value is -3.91. The van der Waals surface area contributed by atoms with Gasteiger partial charge in [0, 0.05) is 34.2 Å². The predicted octanol–water partition coefficient (Wildman–Crippen LogP) is 7.66. The maximum absolute atomic E-state index is 14.8. The number of hydrogen-bond donors (Lipinski definition) is 1. The van der Waals surface area contributed by atoms with E-state index >= 15 is 0 Å². The van der Waals surface area contributed by atoms with E-state index in [1.165, 1.54) is 3.97 Å². The summed E-state index contributed by atoms with van der Waals surface area (Å²) in [7, 11) is -3.53. The molecule has 6 aromatic rings. The van der Waals surface area contributed by atoms with E-state index in [2.05, 4.69) is 29.0 Å². The van der Waals surface area contributed by atoms with E-state index in [1.807, 2.05) is 112 Å². The molecule has 1 N–H and O–H groups in total. The minimum Gasteiger partial charge on any atom is -0.598 e. The van der Waals surface area contributed by atoms with Crippen LogP contribution < -0.4 is 20.1 Å². The van der Waals surface area contributed by atoms with Gasteiger partial charge in [-0.25, -0.2) is 12.4 Å². The third kappa shape index (κ3) is 6.95. The molecule has 0 aliphatic carbocycles. The van der Waals surface area contributed by atoms with E-state index in [9.17, 15) is 13.0 Å². The molecule has 0 saturated heterocycles. The predicted molar refractivity (Wildman–Crippen MR) is 200 cm³/mol. The zero-order chi connectivity index (χ0) is 33.9. The molecule has 48 heavy (non-hydrogen) atoms. The van der Waals surface area contributed by atoms with Crippen molar-refractivity contribution in [2.24, 2.45) is 0 Å². The fourth-order valence-corrected chi connectivity index (χ4v) is 10.7. The van der Waals surface area contributed by atoms with Gasteiger partial charge in [-0.15, -0.1) is 4.72 Å². The van der Waals surface area contributed by atoms with Crippen LogP contribution in [-0.4, -0.2) is 28.8 Å². The van der Waals surface area contributed by atoms with Gasteiger partial charge in [0.2, 0.25) is 0 Å². The molecule has 0 spiro atoms. The number of hydrogen-bond acceptors (Lipinski definition) is 5. The molecule has 0 amide bonds. The van der Waals surface area contributed by atoms with Gasteiger partial charge < -0.3 is 9.29 Å². The fourth-order valence-electron chi connectivity index (χ4n) is 5.83. The van der Waals surface area contributed by atoms with E-state index in [0.717, 1.165) is 27.1 Å². The van der Waals surface area contributed by atoms with Crippen molar-refractivity contribution in [2.45, 2.75) is 42.6 Å². The summed E-state index contributed by atoms with van der Waals surface area (Å²) in [5, 5.41) is 3.03. The minimum atomic E-state index is -4.07. The third-order valence-corrected chi connectivity index (χ3v) is 14.0. The molecule has 0 radical (unpaired) electrons. The molecule has 1 aromatic heterocycles. The summed E-state index contributed by atoms with van der Waals surface area (Å²) in [4.78, 5) is 0.200. The molecule has 1 heterocycles. The van der Waals surface area contributed by atoms with Crippen LogP contribution in [0, 0.1) is 0 Å². The lowest BCUT2D eigenvalue weighted by Gasteiger charge is -2.29. The van der Waals surface area contributed by atoms with Gasteiger partial charge in [-0.3, -0.25) is 0 Å². The maximum atomic E-state index is 14.8. The second-order valence-electron chi connectivity index (χ2n) is 12.4. The number of benzene rings is 5. The van der Waals surface area contributed by atoms with Crippen molar-refractivity contribution in [3.05, 3.63) is 156 Å². The highest BCUT2D eigenvalue weighted by Crippen LogP contribution is 2.45. The van der Waals surface area contributed by atoms with Crippen LogP contribution in [0.1, 0.15) is 43.6 Å². The first-order valence-electron chi connectivity index (χ1n) is 15.7. The molecule has 0 aliphatic rings.